The van der Waals surface area contributed by atoms with Gasteiger partial charge in [-0.25, -0.2) is 13.1 Å². The summed E-state index contributed by atoms with van der Waals surface area (Å²) in [6.45, 7) is 0. The van der Waals surface area contributed by atoms with E-state index in [1.807, 2.05) is 60.7 Å². The van der Waals surface area contributed by atoms with E-state index < -0.39 is 22.1 Å². The van der Waals surface area contributed by atoms with Crippen LogP contribution >= 0.6 is 0 Å². The number of anilines is 1. The minimum Gasteiger partial charge on any atom is -0.399 e. The first-order chi connectivity index (χ1) is 12.5. The summed E-state index contributed by atoms with van der Waals surface area (Å²) in [5.41, 5.74) is 14.2. The zero-order valence-electron chi connectivity index (χ0n) is 14.1. The zero-order valence-corrected chi connectivity index (χ0v) is 14.9. The van der Waals surface area contributed by atoms with Gasteiger partial charge in [-0.1, -0.05) is 60.7 Å². The molecule has 0 aromatic heterocycles. The first-order valence-electron chi connectivity index (χ1n) is 8.21. The van der Waals surface area contributed by atoms with E-state index in [0.29, 0.717) is 5.69 Å². The Balaban J connectivity index is 1.97. The van der Waals surface area contributed by atoms with Gasteiger partial charge in [0.2, 0.25) is 10.0 Å². The smallest absolute Gasteiger partial charge is 0.241 e. The monoisotopic (exact) mass is 367 g/mol. The maximum atomic E-state index is 12.9. The fourth-order valence-corrected chi connectivity index (χ4v) is 4.01. The fraction of sp³-hybridized carbons (Fsp3) is 0.100. The van der Waals surface area contributed by atoms with Gasteiger partial charge in [0.25, 0.3) is 0 Å². The second-order valence-electron chi connectivity index (χ2n) is 6.02. The van der Waals surface area contributed by atoms with Gasteiger partial charge in [0.1, 0.15) is 0 Å². The summed E-state index contributed by atoms with van der Waals surface area (Å²) in [6, 6.07) is 23.7. The van der Waals surface area contributed by atoms with Crippen molar-refractivity contribution in [2.24, 2.45) is 5.73 Å². The molecule has 0 aliphatic rings. The van der Waals surface area contributed by atoms with E-state index in [1.165, 1.54) is 12.1 Å². The molecule has 0 saturated heterocycles. The van der Waals surface area contributed by atoms with E-state index in [1.54, 1.807) is 12.1 Å². The maximum absolute atomic E-state index is 12.9. The maximum Gasteiger partial charge on any atom is 0.241 e. The molecular weight excluding hydrogens is 346 g/mol. The van der Waals surface area contributed by atoms with Crippen LogP contribution in [0.15, 0.2) is 89.8 Å². The van der Waals surface area contributed by atoms with Crippen LogP contribution in [0, 0.1) is 0 Å². The molecule has 134 valence electrons. The summed E-state index contributed by atoms with van der Waals surface area (Å²) in [6.07, 6.45) is 0. The number of hydrogen-bond donors (Lipinski definition) is 3. The Bertz CT molecular complexity index is 943. The van der Waals surface area contributed by atoms with Crippen LogP contribution in [-0.2, 0) is 10.0 Å². The van der Waals surface area contributed by atoms with Crippen molar-refractivity contribution in [3.63, 3.8) is 0 Å². The molecule has 0 unspecified atom stereocenters. The molecule has 0 spiro atoms. The molecule has 3 aromatic carbocycles. The van der Waals surface area contributed by atoms with Crippen molar-refractivity contribution in [3.05, 3.63) is 96.1 Å². The van der Waals surface area contributed by atoms with Crippen LogP contribution in [0.2, 0.25) is 0 Å². The molecule has 0 bridgehead atoms. The molecule has 0 aliphatic heterocycles. The van der Waals surface area contributed by atoms with Crippen LogP contribution in [0.1, 0.15) is 23.2 Å². The largest absolute Gasteiger partial charge is 0.399 e. The summed E-state index contributed by atoms with van der Waals surface area (Å²) in [5.74, 6) is 0. The number of nitrogens with two attached hydrogens (primary N) is 2. The van der Waals surface area contributed by atoms with Gasteiger partial charge in [-0.05, 0) is 35.4 Å². The highest BCUT2D eigenvalue weighted by Gasteiger charge is 2.27. The van der Waals surface area contributed by atoms with Gasteiger partial charge < -0.3 is 11.5 Å². The third kappa shape index (κ3) is 4.11. The highest BCUT2D eigenvalue weighted by molar-refractivity contribution is 7.89. The summed E-state index contributed by atoms with van der Waals surface area (Å²) in [4.78, 5) is 0.146. The van der Waals surface area contributed by atoms with Gasteiger partial charge >= 0.3 is 0 Å². The number of hydrogen-bond acceptors (Lipinski definition) is 4. The van der Waals surface area contributed by atoms with E-state index in [2.05, 4.69) is 4.72 Å². The lowest BCUT2D eigenvalue weighted by Gasteiger charge is -2.26. The van der Waals surface area contributed by atoms with Gasteiger partial charge in [0.05, 0.1) is 17.0 Å². The molecule has 0 fully saturated rings. The molecule has 6 heteroatoms. The number of sulfonamides is 1. The third-order valence-electron chi connectivity index (χ3n) is 4.17. The lowest BCUT2D eigenvalue weighted by molar-refractivity contribution is 0.504. The fourth-order valence-electron chi connectivity index (χ4n) is 2.76. The lowest BCUT2D eigenvalue weighted by atomic mass is 9.95. The van der Waals surface area contributed by atoms with Crippen molar-refractivity contribution in [2.75, 3.05) is 5.73 Å². The molecule has 3 aromatic rings. The SMILES string of the molecule is Nc1ccc(S(=O)(=O)N[C@@H](c2ccccc2)[C@@H](N)c2ccccc2)cc1. The number of rotatable bonds is 6. The van der Waals surface area contributed by atoms with Gasteiger partial charge in [-0.2, -0.15) is 0 Å². The Morgan fingerprint density at radius 3 is 1.77 bits per heavy atom. The number of benzene rings is 3. The zero-order chi connectivity index (χ0) is 18.6. The minimum atomic E-state index is -3.76. The van der Waals surface area contributed by atoms with Gasteiger partial charge in [-0.15, -0.1) is 0 Å². The van der Waals surface area contributed by atoms with Crippen molar-refractivity contribution in [2.45, 2.75) is 17.0 Å². The highest BCUT2D eigenvalue weighted by atomic mass is 32.2. The van der Waals surface area contributed by atoms with Crippen molar-refractivity contribution in [3.8, 4) is 0 Å². The molecule has 26 heavy (non-hydrogen) atoms. The average Bonchev–Trinajstić information content (AvgIpc) is 2.67. The van der Waals surface area contributed by atoms with E-state index >= 15 is 0 Å². The average molecular weight is 367 g/mol. The second kappa shape index (κ2) is 7.70. The number of nitrogen functional groups attached to an aromatic ring is 1. The minimum absolute atomic E-state index is 0.146. The molecule has 2 atom stereocenters. The molecule has 0 heterocycles. The summed E-state index contributed by atoms with van der Waals surface area (Å²) in [5, 5.41) is 0. The van der Waals surface area contributed by atoms with Crippen LogP contribution in [0.4, 0.5) is 5.69 Å². The van der Waals surface area contributed by atoms with Crippen molar-refractivity contribution in [1.29, 1.82) is 0 Å². The first kappa shape index (κ1) is 18.1. The van der Waals surface area contributed by atoms with Crippen LogP contribution in [0.3, 0.4) is 0 Å². The van der Waals surface area contributed by atoms with Gasteiger partial charge in [0, 0.05) is 5.69 Å². The molecule has 0 amide bonds. The van der Waals surface area contributed by atoms with E-state index in [-0.39, 0.29) is 4.90 Å². The van der Waals surface area contributed by atoms with Crippen molar-refractivity contribution < 1.29 is 8.42 Å². The van der Waals surface area contributed by atoms with Crippen molar-refractivity contribution >= 4 is 15.7 Å². The summed E-state index contributed by atoms with van der Waals surface area (Å²) >= 11 is 0. The molecule has 0 saturated carbocycles. The highest BCUT2D eigenvalue weighted by Crippen LogP contribution is 2.28. The Morgan fingerprint density at radius 1 is 0.731 bits per heavy atom. The van der Waals surface area contributed by atoms with E-state index in [9.17, 15) is 8.42 Å². The van der Waals surface area contributed by atoms with Crippen LogP contribution in [0.5, 0.6) is 0 Å². The molecule has 0 radical (unpaired) electrons. The predicted octanol–water partition coefficient (Wildman–Crippen LogP) is 2.99. The van der Waals surface area contributed by atoms with Gasteiger partial charge in [0.15, 0.2) is 0 Å². The van der Waals surface area contributed by atoms with E-state index in [0.717, 1.165) is 11.1 Å². The quantitative estimate of drug-likeness (QED) is 0.583. The molecule has 5 nitrogen and oxygen atoms in total. The topological polar surface area (TPSA) is 98.2 Å². The Kier molecular flexibility index (Phi) is 5.37. The lowest BCUT2D eigenvalue weighted by Crippen LogP contribution is -2.36. The van der Waals surface area contributed by atoms with Crippen LogP contribution < -0.4 is 16.2 Å². The third-order valence-corrected chi connectivity index (χ3v) is 5.63. The predicted molar refractivity (Wildman–Crippen MR) is 104 cm³/mol. The van der Waals surface area contributed by atoms with Crippen LogP contribution in [-0.4, -0.2) is 8.42 Å². The molecule has 5 N–H and O–H groups in total. The van der Waals surface area contributed by atoms with Crippen molar-refractivity contribution in [1.82, 2.24) is 4.72 Å². The Morgan fingerprint density at radius 2 is 1.23 bits per heavy atom. The Labute approximate surface area is 153 Å². The van der Waals surface area contributed by atoms with E-state index in [4.69, 9.17) is 11.5 Å². The normalized spacial score (nSPS) is 13.9. The summed E-state index contributed by atoms with van der Waals surface area (Å²) in [7, 11) is -3.76. The van der Waals surface area contributed by atoms with Crippen LogP contribution in [0.25, 0.3) is 0 Å². The molecular formula is C20H21N3O2S. The van der Waals surface area contributed by atoms with Gasteiger partial charge in [-0.3, -0.25) is 0 Å². The second-order valence-corrected chi connectivity index (χ2v) is 7.73. The standard InChI is InChI=1S/C20H21N3O2S/c21-17-11-13-18(14-12-17)26(24,25)23-20(16-9-5-2-6-10-16)19(22)15-7-3-1-4-8-15/h1-14,19-20,23H,21-22H2/t19-,20-/m0/s1. The first-order valence-corrected chi connectivity index (χ1v) is 9.69. The Hall–Kier alpha value is -2.67. The molecule has 3 rings (SSSR count). The summed E-state index contributed by atoms with van der Waals surface area (Å²) < 4.78 is 28.5. The number of nitrogens with one attached hydrogen (secondary N) is 1. The molecule has 0 aliphatic carbocycles.